The summed E-state index contributed by atoms with van der Waals surface area (Å²) in [4.78, 5) is 21.7. The van der Waals surface area contributed by atoms with E-state index in [0.717, 1.165) is 17.5 Å². The van der Waals surface area contributed by atoms with E-state index >= 15 is 0 Å². The number of carbonyl (C=O) groups is 1. The Labute approximate surface area is 213 Å². The van der Waals surface area contributed by atoms with Crippen molar-refractivity contribution in [2.24, 2.45) is 10.7 Å². The zero-order valence-corrected chi connectivity index (χ0v) is 20.6. The van der Waals surface area contributed by atoms with Crippen LogP contribution in [0.15, 0.2) is 65.6 Å². The predicted molar refractivity (Wildman–Crippen MR) is 136 cm³/mol. The largest absolute Gasteiger partial charge is 0.534 e. The van der Waals surface area contributed by atoms with Crippen LogP contribution in [0.25, 0.3) is 15.7 Å². The lowest BCUT2D eigenvalue weighted by molar-refractivity contribution is -0.130. The Kier molecular flexibility index (Phi) is 7.23. The number of benzene rings is 1. The van der Waals surface area contributed by atoms with Crippen LogP contribution in [0, 0.1) is 0 Å². The van der Waals surface area contributed by atoms with Gasteiger partial charge in [-0.15, -0.1) is 11.3 Å². The van der Waals surface area contributed by atoms with Crippen LogP contribution in [0.5, 0.6) is 5.88 Å². The highest BCUT2D eigenvalue weighted by atomic mass is 32.2. The molecular formula is C23H20F3N5O4S2. The Morgan fingerprint density at radius 1 is 1.27 bits per heavy atom. The third-order valence-corrected chi connectivity index (χ3v) is 7.19. The van der Waals surface area contributed by atoms with Crippen LogP contribution >= 0.6 is 11.3 Å². The Morgan fingerprint density at radius 2 is 1.97 bits per heavy atom. The minimum absolute atomic E-state index is 0.0239. The van der Waals surface area contributed by atoms with E-state index in [1.807, 2.05) is 0 Å². The number of rotatable bonds is 8. The van der Waals surface area contributed by atoms with Crippen LogP contribution in [0.1, 0.15) is 5.69 Å². The number of aromatic nitrogens is 1. The van der Waals surface area contributed by atoms with Crippen LogP contribution < -0.4 is 15.2 Å². The van der Waals surface area contributed by atoms with Gasteiger partial charge >= 0.3 is 15.6 Å². The number of aliphatic imine (C=N–C) groups is 1. The number of nitrogens with one attached hydrogen (secondary N) is 1. The van der Waals surface area contributed by atoms with Gasteiger partial charge in [-0.1, -0.05) is 24.8 Å². The molecule has 194 valence electrons. The van der Waals surface area contributed by atoms with Crippen LogP contribution in [-0.2, 0) is 14.9 Å². The maximum absolute atomic E-state index is 13.1. The zero-order chi connectivity index (χ0) is 26.8. The van der Waals surface area contributed by atoms with Gasteiger partial charge in [-0.3, -0.25) is 9.79 Å². The molecule has 0 saturated carbocycles. The van der Waals surface area contributed by atoms with E-state index in [9.17, 15) is 26.4 Å². The normalized spacial score (nSPS) is 15.1. The fraction of sp³-hybridized carbons (Fsp3) is 0.174. The minimum atomic E-state index is -5.99. The number of nitrogens with two attached hydrogens (primary N) is 1. The Bertz CT molecular complexity index is 1500. The molecule has 1 fully saturated rings. The molecule has 3 aromatic rings. The molecule has 2 aromatic heterocycles. The summed E-state index contributed by atoms with van der Waals surface area (Å²) in [7, 11) is -5.99. The van der Waals surface area contributed by atoms with E-state index in [1.54, 1.807) is 35.7 Å². The minimum Gasteiger partial charge on any atom is -0.404 e. The SMILES string of the molecule is C=CC(=O)N1CC(N=C/C(=C\N)c2nc(OS(=O)(=O)C(F)(F)F)c3ccsc3c2Nc2ccccc2)C1. The number of likely N-dealkylation sites (tertiary alicyclic amines) is 1. The van der Waals surface area contributed by atoms with Gasteiger partial charge in [0.1, 0.15) is 5.69 Å². The lowest BCUT2D eigenvalue weighted by Gasteiger charge is -2.36. The molecule has 3 heterocycles. The smallest absolute Gasteiger partial charge is 0.404 e. The first-order chi connectivity index (χ1) is 17.5. The number of hydrogen-bond acceptors (Lipinski definition) is 9. The first-order valence-electron chi connectivity index (χ1n) is 10.6. The molecule has 1 aromatic carbocycles. The number of alkyl halides is 3. The topological polar surface area (TPSA) is 127 Å². The standard InChI is InChI=1S/C23H20F3N5O4S2/c1-2-18(32)31-12-16(13-31)28-11-14(10-27)19-20(29-15-6-4-3-5-7-15)21-17(8-9-36-21)22(30-19)35-37(33,34)23(24,25)26/h2-11,16,29H,1,12-13,27H2/b14-10+,28-11?. The molecule has 1 aliphatic heterocycles. The van der Waals surface area contributed by atoms with Crippen molar-refractivity contribution < 1.29 is 30.6 Å². The average Bonchev–Trinajstić information content (AvgIpc) is 3.32. The fourth-order valence-corrected chi connectivity index (χ4v) is 4.75. The summed E-state index contributed by atoms with van der Waals surface area (Å²) in [6.07, 6.45) is 3.72. The van der Waals surface area contributed by atoms with Gasteiger partial charge in [0, 0.05) is 36.8 Å². The van der Waals surface area contributed by atoms with Crippen molar-refractivity contribution in [3.63, 3.8) is 0 Å². The number of nitrogens with zero attached hydrogens (tertiary/aromatic N) is 3. The predicted octanol–water partition coefficient (Wildman–Crippen LogP) is 4.04. The van der Waals surface area contributed by atoms with Crippen LogP contribution in [-0.4, -0.2) is 55.1 Å². The molecule has 1 aliphatic rings. The molecule has 0 radical (unpaired) electrons. The summed E-state index contributed by atoms with van der Waals surface area (Å²) in [6.45, 7) is 4.14. The maximum atomic E-state index is 13.1. The summed E-state index contributed by atoms with van der Waals surface area (Å²) in [5, 5.41) is 4.81. The number of thiophene rings is 1. The van der Waals surface area contributed by atoms with Crippen molar-refractivity contribution in [2.45, 2.75) is 11.6 Å². The first kappa shape index (κ1) is 26.2. The highest BCUT2D eigenvalue weighted by Gasteiger charge is 2.49. The fourth-order valence-electron chi connectivity index (χ4n) is 3.43. The third kappa shape index (κ3) is 5.44. The Hall–Kier alpha value is -3.91. The highest BCUT2D eigenvalue weighted by molar-refractivity contribution is 7.88. The molecule has 1 saturated heterocycles. The zero-order valence-electron chi connectivity index (χ0n) is 19.0. The van der Waals surface area contributed by atoms with Gasteiger partial charge in [0.25, 0.3) is 0 Å². The third-order valence-electron chi connectivity index (χ3n) is 5.31. The first-order valence-corrected chi connectivity index (χ1v) is 12.9. The molecule has 0 spiro atoms. The summed E-state index contributed by atoms with van der Waals surface area (Å²) >= 11 is 1.14. The van der Waals surface area contributed by atoms with Crippen molar-refractivity contribution in [1.29, 1.82) is 0 Å². The second kappa shape index (κ2) is 10.2. The van der Waals surface area contributed by atoms with Crippen molar-refractivity contribution in [1.82, 2.24) is 9.88 Å². The number of para-hydroxylation sites is 1. The molecule has 14 heteroatoms. The summed E-state index contributed by atoms with van der Waals surface area (Å²) in [5.74, 6) is -0.978. The average molecular weight is 552 g/mol. The van der Waals surface area contributed by atoms with Gasteiger partial charge in [-0.25, -0.2) is 4.98 Å². The number of anilines is 2. The summed E-state index contributed by atoms with van der Waals surface area (Å²) < 4.78 is 67.6. The van der Waals surface area contributed by atoms with Crippen molar-refractivity contribution in [3.05, 3.63) is 66.3 Å². The van der Waals surface area contributed by atoms with E-state index in [1.165, 1.54) is 23.3 Å². The number of amides is 1. The van der Waals surface area contributed by atoms with Crippen LogP contribution in [0.2, 0.25) is 0 Å². The van der Waals surface area contributed by atoms with Gasteiger partial charge < -0.3 is 20.1 Å². The molecular weight excluding hydrogens is 531 g/mol. The number of allylic oxidation sites excluding steroid dienone is 1. The molecule has 3 N–H and O–H groups in total. The van der Waals surface area contributed by atoms with Gasteiger partial charge in [0.2, 0.25) is 11.8 Å². The maximum Gasteiger partial charge on any atom is 0.534 e. The summed E-state index contributed by atoms with van der Waals surface area (Å²) in [5.41, 5.74) is 1.42. The lowest BCUT2D eigenvalue weighted by Crippen LogP contribution is -2.52. The number of pyridine rings is 1. The number of hydrogen-bond donors (Lipinski definition) is 2. The molecule has 0 aliphatic carbocycles. The molecule has 0 unspecified atom stereocenters. The summed E-state index contributed by atoms with van der Waals surface area (Å²) in [6, 6.07) is 10.1. The van der Waals surface area contributed by atoms with E-state index in [4.69, 9.17) is 5.73 Å². The van der Waals surface area contributed by atoms with Crippen molar-refractivity contribution in [3.8, 4) is 5.88 Å². The van der Waals surface area contributed by atoms with E-state index < -0.39 is 21.5 Å². The van der Waals surface area contributed by atoms with Gasteiger partial charge in [0.05, 0.1) is 21.8 Å². The quantitative estimate of drug-likeness (QED) is 0.187. The number of halogens is 3. The van der Waals surface area contributed by atoms with Crippen LogP contribution in [0.4, 0.5) is 24.5 Å². The molecule has 1 amide bonds. The second-order valence-corrected chi connectivity index (χ2v) is 10.2. The second-order valence-electron chi connectivity index (χ2n) is 7.78. The van der Waals surface area contributed by atoms with E-state index in [0.29, 0.717) is 29.2 Å². The van der Waals surface area contributed by atoms with E-state index in [-0.39, 0.29) is 28.6 Å². The van der Waals surface area contributed by atoms with Crippen molar-refractivity contribution in [2.75, 3.05) is 18.4 Å². The molecule has 37 heavy (non-hydrogen) atoms. The van der Waals surface area contributed by atoms with E-state index in [2.05, 4.69) is 26.1 Å². The number of fused-ring (bicyclic) bond motifs is 1. The highest BCUT2D eigenvalue weighted by Crippen LogP contribution is 2.41. The van der Waals surface area contributed by atoms with Crippen molar-refractivity contribution >= 4 is 60.6 Å². The van der Waals surface area contributed by atoms with Gasteiger partial charge in [0.15, 0.2) is 0 Å². The van der Waals surface area contributed by atoms with Crippen LogP contribution in [0.3, 0.4) is 0 Å². The number of carbonyl (C=O) groups excluding carboxylic acids is 1. The molecule has 4 rings (SSSR count). The van der Waals surface area contributed by atoms with Gasteiger partial charge in [-0.05, 0) is 29.7 Å². The Morgan fingerprint density at radius 3 is 2.59 bits per heavy atom. The molecule has 0 atom stereocenters. The van der Waals surface area contributed by atoms with Gasteiger partial charge in [-0.2, -0.15) is 21.6 Å². The lowest BCUT2D eigenvalue weighted by atomic mass is 10.1. The monoisotopic (exact) mass is 551 g/mol. The molecule has 0 bridgehead atoms. The Balaban J connectivity index is 1.78. The molecule has 9 nitrogen and oxygen atoms in total.